The monoisotopic (exact) mass is 395 g/mol. The Morgan fingerprint density at radius 3 is 2.66 bits per heavy atom. The molecule has 7 nitrogen and oxygen atoms in total. The first kappa shape index (κ1) is 19.8. The van der Waals surface area contributed by atoms with E-state index in [-0.39, 0.29) is 11.7 Å². The van der Waals surface area contributed by atoms with Crippen molar-refractivity contribution in [1.29, 1.82) is 0 Å². The van der Waals surface area contributed by atoms with E-state index in [2.05, 4.69) is 49.4 Å². The second-order valence-electron chi connectivity index (χ2n) is 7.95. The summed E-state index contributed by atoms with van der Waals surface area (Å²) in [5.74, 6) is 0.906. The number of carbonyl (C=O) groups excluding carboxylic acids is 1. The lowest BCUT2D eigenvalue weighted by atomic mass is 9.82. The highest BCUT2D eigenvalue weighted by Crippen LogP contribution is 2.32. The highest BCUT2D eigenvalue weighted by molar-refractivity contribution is 5.98. The number of Topliss-reactive ketones (excluding diaryl/α,β-unsaturated/α-hetero) is 1. The van der Waals surface area contributed by atoms with Crippen LogP contribution in [0.25, 0.3) is 0 Å². The van der Waals surface area contributed by atoms with Crippen LogP contribution < -0.4 is 10.2 Å². The number of anilines is 2. The lowest BCUT2D eigenvalue weighted by Crippen LogP contribution is -2.39. The summed E-state index contributed by atoms with van der Waals surface area (Å²) in [7, 11) is 4.06. The second-order valence-corrected chi connectivity index (χ2v) is 7.95. The molecule has 1 unspecified atom stereocenters. The molecular weight excluding hydrogens is 366 g/mol. The number of carbonyl (C=O) groups is 1. The van der Waals surface area contributed by atoms with E-state index >= 15 is 0 Å². The molecule has 4 rings (SSSR count). The first-order chi connectivity index (χ1) is 14.1. The minimum atomic E-state index is 0.132. The van der Waals surface area contributed by atoms with Crippen molar-refractivity contribution in [1.82, 2.24) is 14.9 Å². The Hall–Kier alpha value is -2.51. The van der Waals surface area contributed by atoms with Crippen molar-refractivity contribution in [2.24, 2.45) is 0 Å². The predicted molar refractivity (Wildman–Crippen MR) is 114 cm³/mol. The maximum absolute atomic E-state index is 12.6. The first-order valence-electron chi connectivity index (χ1n) is 10.3. The molecule has 7 heteroatoms. The number of hydrogen-bond acceptors (Lipinski definition) is 7. The third-order valence-electron chi connectivity index (χ3n) is 5.74. The van der Waals surface area contributed by atoms with Crippen LogP contribution in [-0.4, -0.2) is 74.1 Å². The zero-order chi connectivity index (χ0) is 20.2. The van der Waals surface area contributed by atoms with E-state index in [0.29, 0.717) is 17.9 Å². The molecule has 29 heavy (non-hydrogen) atoms. The maximum atomic E-state index is 12.6. The van der Waals surface area contributed by atoms with Gasteiger partial charge in [-0.15, -0.1) is 0 Å². The molecule has 2 aliphatic rings. The largest absolute Gasteiger partial charge is 0.379 e. The molecule has 1 fully saturated rings. The fraction of sp³-hybridized carbons (Fsp3) is 0.500. The number of hydrogen-bond donors (Lipinski definition) is 1. The van der Waals surface area contributed by atoms with Gasteiger partial charge in [-0.2, -0.15) is 0 Å². The molecule has 0 bridgehead atoms. The molecule has 1 aromatic carbocycles. The molecule has 0 saturated carbocycles. The maximum Gasteiger partial charge on any atom is 0.222 e. The van der Waals surface area contributed by atoms with Crippen LogP contribution in [0, 0.1) is 0 Å². The normalized spacial score (nSPS) is 19.7. The fourth-order valence-electron chi connectivity index (χ4n) is 3.96. The Balaban J connectivity index is 1.41. The molecule has 1 saturated heterocycles. The van der Waals surface area contributed by atoms with Crippen LogP contribution in [-0.2, 0) is 11.2 Å². The number of ketones is 1. The summed E-state index contributed by atoms with van der Waals surface area (Å²) in [4.78, 5) is 26.1. The third-order valence-corrected chi connectivity index (χ3v) is 5.74. The number of nitrogens with one attached hydrogen (secondary N) is 1. The molecule has 2 aromatic rings. The molecule has 0 radical (unpaired) electrons. The van der Waals surface area contributed by atoms with E-state index < -0.39 is 0 Å². The third kappa shape index (κ3) is 4.74. The first-order valence-corrected chi connectivity index (χ1v) is 10.3. The lowest BCUT2D eigenvalue weighted by Gasteiger charge is -2.26. The Bertz CT molecular complexity index is 847. The lowest BCUT2D eigenvalue weighted by molar-refractivity contribution is 0.0398. The van der Waals surface area contributed by atoms with Gasteiger partial charge in [-0.3, -0.25) is 9.69 Å². The average Bonchev–Trinajstić information content (AvgIpc) is 2.74. The van der Waals surface area contributed by atoms with Crippen molar-refractivity contribution < 1.29 is 9.53 Å². The topological polar surface area (TPSA) is 70.6 Å². The highest BCUT2D eigenvalue weighted by atomic mass is 16.5. The zero-order valence-corrected chi connectivity index (χ0v) is 17.2. The molecular formula is C22H29N5O2. The number of fused-ring (bicyclic) bond motifs is 1. The Morgan fingerprint density at radius 1 is 1.17 bits per heavy atom. The molecule has 2 heterocycles. The smallest absolute Gasteiger partial charge is 0.222 e. The molecule has 1 aromatic heterocycles. The minimum Gasteiger partial charge on any atom is -0.379 e. The quantitative estimate of drug-likeness (QED) is 0.804. The molecule has 1 aliphatic carbocycles. The standard InChI is InChI=1S/C22H29N5O2/c1-26(2)18-5-3-16(4-6-18)17-13-20-19(21(28)14-17)15-24-22(25-20)23-7-8-27-9-11-29-12-10-27/h3-6,15,17H,7-14H2,1-2H3,(H,23,24,25). The van der Waals surface area contributed by atoms with Crippen molar-refractivity contribution in [2.45, 2.75) is 18.8 Å². The van der Waals surface area contributed by atoms with Gasteiger partial charge >= 0.3 is 0 Å². The molecule has 1 atom stereocenters. The van der Waals surface area contributed by atoms with Gasteiger partial charge in [-0.05, 0) is 30.0 Å². The van der Waals surface area contributed by atoms with Gasteiger partial charge in [-0.25, -0.2) is 9.97 Å². The van der Waals surface area contributed by atoms with Gasteiger partial charge in [0.1, 0.15) is 0 Å². The summed E-state index contributed by atoms with van der Waals surface area (Å²) < 4.78 is 5.38. The Labute approximate surface area is 172 Å². The summed E-state index contributed by atoms with van der Waals surface area (Å²) in [6, 6.07) is 8.46. The van der Waals surface area contributed by atoms with Crippen LogP contribution in [0.15, 0.2) is 30.5 Å². The van der Waals surface area contributed by atoms with Gasteiger partial charge in [0.15, 0.2) is 5.78 Å². The van der Waals surface area contributed by atoms with Crippen LogP contribution >= 0.6 is 0 Å². The van der Waals surface area contributed by atoms with Crippen molar-refractivity contribution in [3.8, 4) is 0 Å². The number of nitrogens with zero attached hydrogens (tertiary/aromatic N) is 4. The summed E-state index contributed by atoms with van der Waals surface area (Å²) in [6.45, 7) is 5.25. The van der Waals surface area contributed by atoms with Crippen LogP contribution in [0.4, 0.5) is 11.6 Å². The number of morpholine rings is 1. The van der Waals surface area contributed by atoms with Crippen molar-refractivity contribution in [2.75, 3.05) is 63.7 Å². The van der Waals surface area contributed by atoms with Gasteiger partial charge in [-0.1, -0.05) is 12.1 Å². The van der Waals surface area contributed by atoms with Crippen molar-refractivity contribution in [3.05, 3.63) is 47.3 Å². The molecule has 1 aliphatic heterocycles. The number of benzene rings is 1. The van der Waals surface area contributed by atoms with Crippen molar-refractivity contribution >= 4 is 17.4 Å². The average molecular weight is 396 g/mol. The van der Waals surface area contributed by atoms with Crippen molar-refractivity contribution in [3.63, 3.8) is 0 Å². The van der Waals surface area contributed by atoms with Gasteiger partial charge in [0.25, 0.3) is 0 Å². The Kier molecular flexibility index (Phi) is 6.06. The predicted octanol–water partition coefficient (Wildman–Crippen LogP) is 2.20. The second kappa shape index (κ2) is 8.88. The number of aromatic nitrogens is 2. The zero-order valence-electron chi connectivity index (χ0n) is 17.2. The van der Waals surface area contributed by atoms with Gasteiger partial charge < -0.3 is 15.0 Å². The molecule has 154 valence electrons. The van der Waals surface area contributed by atoms with Crippen LogP contribution in [0.2, 0.25) is 0 Å². The van der Waals surface area contributed by atoms with Gasteiger partial charge in [0.2, 0.25) is 5.95 Å². The van der Waals surface area contributed by atoms with E-state index in [1.165, 1.54) is 5.56 Å². The minimum absolute atomic E-state index is 0.132. The van der Waals surface area contributed by atoms with Crippen LogP contribution in [0.1, 0.15) is 34.0 Å². The van der Waals surface area contributed by atoms with E-state index in [4.69, 9.17) is 4.74 Å². The fourth-order valence-corrected chi connectivity index (χ4v) is 3.96. The molecule has 1 N–H and O–H groups in total. The van der Waals surface area contributed by atoms with Crippen LogP contribution in [0.5, 0.6) is 0 Å². The Morgan fingerprint density at radius 2 is 1.93 bits per heavy atom. The van der Waals surface area contributed by atoms with Gasteiger partial charge in [0.05, 0.1) is 24.5 Å². The SMILES string of the molecule is CN(C)c1ccc(C2CC(=O)c3cnc(NCCN4CCOCC4)nc3C2)cc1. The summed E-state index contributed by atoms with van der Waals surface area (Å²) in [5.41, 5.74) is 3.87. The summed E-state index contributed by atoms with van der Waals surface area (Å²) in [5, 5.41) is 3.31. The molecule has 0 amide bonds. The highest BCUT2D eigenvalue weighted by Gasteiger charge is 2.28. The summed E-state index contributed by atoms with van der Waals surface area (Å²) in [6.07, 6.45) is 2.97. The van der Waals surface area contributed by atoms with E-state index in [1.807, 2.05) is 14.1 Å². The number of rotatable bonds is 6. The van der Waals surface area contributed by atoms with Gasteiger partial charge in [0, 0.05) is 58.6 Å². The summed E-state index contributed by atoms with van der Waals surface area (Å²) >= 11 is 0. The van der Waals surface area contributed by atoms with E-state index in [1.54, 1.807) is 6.20 Å². The number of ether oxygens (including phenoxy) is 1. The van der Waals surface area contributed by atoms with Crippen LogP contribution in [0.3, 0.4) is 0 Å². The van der Waals surface area contributed by atoms with E-state index in [9.17, 15) is 4.79 Å². The van der Waals surface area contributed by atoms with E-state index in [0.717, 1.165) is 57.2 Å². The molecule has 0 spiro atoms.